The summed E-state index contributed by atoms with van der Waals surface area (Å²) in [4.78, 5) is 12.0. The first kappa shape index (κ1) is 12.5. The molecule has 102 valence electrons. The third kappa shape index (κ3) is 2.59. The summed E-state index contributed by atoms with van der Waals surface area (Å²) in [6.07, 6.45) is 3.86. The topological polar surface area (TPSA) is 64.4 Å². The lowest BCUT2D eigenvalue weighted by Crippen LogP contribution is -2.42. The zero-order chi connectivity index (χ0) is 13.2. The van der Waals surface area contributed by atoms with E-state index in [0.717, 1.165) is 31.4 Å². The molecule has 4 nitrogen and oxygen atoms in total. The number of carbonyl (C=O) groups excluding carboxylic acids is 1. The van der Waals surface area contributed by atoms with Gasteiger partial charge in [0.2, 0.25) is 5.91 Å². The number of carbonyl (C=O) groups is 1. The maximum Gasteiger partial charge on any atom is 0.224 e. The third-order valence-corrected chi connectivity index (χ3v) is 4.12. The van der Waals surface area contributed by atoms with E-state index in [1.165, 1.54) is 5.56 Å². The molecule has 4 heteroatoms. The number of nitrogens with one attached hydrogen (secondary N) is 1. The van der Waals surface area contributed by atoms with Gasteiger partial charge in [-0.15, -0.1) is 0 Å². The van der Waals surface area contributed by atoms with E-state index in [1.54, 1.807) is 0 Å². The summed E-state index contributed by atoms with van der Waals surface area (Å²) in [6.45, 7) is 0.566. The van der Waals surface area contributed by atoms with Crippen LogP contribution in [0.25, 0.3) is 0 Å². The molecule has 19 heavy (non-hydrogen) atoms. The van der Waals surface area contributed by atoms with E-state index in [-0.39, 0.29) is 24.0 Å². The molecule has 1 aromatic rings. The minimum Gasteiger partial charge on any atom is -0.488 e. The molecule has 3 N–H and O–H groups in total. The van der Waals surface area contributed by atoms with E-state index in [9.17, 15) is 4.79 Å². The highest BCUT2D eigenvalue weighted by Crippen LogP contribution is 2.28. The monoisotopic (exact) mass is 260 g/mol. The Kier molecular flexibility index (Phi) is 3.42. The van der Waals surface area contributed by atoms with Gasteiger partial charge in [0.1, 0.15) is 11.9 Å². The third-order valence-electron chi connectivity index (χ3n) is 4.12. The molecule has 0 spiro atoms. The summed E-state index contributed by atoms with van der Waals surface area (Å²) in [7, 11) is 0. The van der Waals surface area contributed by atoms with Crippen LogP contribution in [0.15, 0.2) is 24.3 Å². The van der Waals surface area contributed by atoms with E-state index in [0.29, 0.717) is 6.54 Å². The number of rotatable bonds is 3. The fourth-order valence-corrected chi connectivity index (χ4v) is 3.03. The Hall–Kier alpha value is -1.55. The van der Waals surface area contributed by atoms with Crippen LogP contribution in [-0.2, 0) is 11.2 Å². The Morgan fingerprint density at radius 3 is 2.95 bits per heavy atom. The molecular weight excluding hydrogens is 240 g/mol. The minimum atomic E-state index is -0.0104. The molecule has 1 heterocycles. The number of hydrogen-bond donors (Lipinski definition) is 2. The van der Waals surface area contributed by atoms with Crippen molar-refractivity contribution in [3.05, 3.63) is 29.8 Å². The maximum atomic E-state index is 12.0. The van der Waals surface area contributed by atoms with Crippen LogP contribution in [0.1, 0.15) is 24.8 Å². The highest BCUT2D eigenvalue weighted by molar-refractivity contribution is 5.79. The van der Waals surface area contributed by atoms with E-state index in [1.807, 2.05) is 18.2 Å². The molecule has 1 amide bonds. The van der Waals surface area contributed by atoms with Gasteiger partial charge < -0.3 is 15.8 Å². The molecule has 0 aromatic heterocycles. The van der Waals surface area contributed by atoms with Crippen molar-refractivity contribution in [1.29, 1.82) is 0 Å². The van der Waals surface area contributed by atoms with Crippen molar-refractivity contribution in [1.82, 2.24) is 5.32 Å². The van der Waals surface area contributed by atoms with Gasteiger partial charge in [-0.2, -0.15) is 0 Å². The van der Waals surface area contributed by atoms with Gasteiger partial charge in [0.15, 0.2) is 0 Å². The summed E-state index contributed by atoms with van der Waals surface area (Å²) in [6, 6.07) is 8.06. The summed E-state index contributed by atoms with van der Waals surface area (Å²) < 4.78 is 5.80. The van der Waals surface area contributed by atoms with Gasteiger partial charge in [-0.25, -0.2) is 0 Å². The van der Waals surface area contributed by atoms with Gasteiger partial charge in [-0.3, -0.25) is 4.79 Å². The average molecular weight is 260 g/mol. The Labute approximate surface area is 113 Å². The summed E-state index contributed by atoms with van der Waals surface area (Å²) in [5.74, 6) is 1.02. The van der Waals surface area contributed by atoms with Gasteiger partial charge in [0, 0.05) is 12.5 Å². The molecule has 0 saturated heterocycles. The zero-order valence-corrected chi connectivity index (χ0v) is 11.0. The Morgan fingerprint density at radius 1 is 1.37 bits per heavy atom. The second-order valence-electron chi connectivity index (χ2n) is 5.50. The van der Waals surface area contributed by atoms with Crippen LogP contribution in [0, 0.1) is 5.92 Å². The van der Waals surface area contributed by atoms with E-state index >= 15 is 0 Å². The number of para-hydroxylation sites is 1. The Balaban J connectivity index is 1.50. The number of hydrogen-bond acceptors (Lipinski definition) is 3. The van der Waals surface area contributed by atoms with Crippen molar-refractivity contribution in [2.24, 2.45) is 11.7 Å². The molecule has 3 atom stereocenters. The number of amides is 1. The first-order valence-electron chi connectivity index (χ1n) is 7.02. The molecule has 1 fully saturated rings. The quantitative estimate of drug-likeness (QED) is 0.859. The van der Waals surface area contributed by atoms with E-state index in [2.05, 4.69) is 11.4 Å². The molecule has 3 unspecified atom stereocenters. The fourth-order valence-electron chi connectivity index (χ4n) is 3.03. The average Bonchev–Trinajstić information content (AvgIpc) is 3.01. The SMILES string of the molecule is NC1CCCC1C(=O)NCC1Cc2ccccc2O1. The lowest BCUT2D eigenvalue weighted by molar-refractivity contribution is -0.125. The van der Waals surface area contributed by atoms with Crippen molar-refractivity contribution in [3.8, 4) is 5.75 Å². The van der Waals surface area contributed by atoms with Gasteiger partial charge in [-0.1, -0.05) is 24.6 Å². The molecule has 1 aromatic carbocycles. The van der Waals surface area contributed by atoms with Crippen LogP contribution in [0.3, 0.4) is 0 Å². The van der Waals surface area contributed by atoms with E-state index < -0.39 is 0 Å². The number of fused-ring (bicyclic) bond motifs is 1. The number of nitrogens with two attached hydrogens (primary N) is 1. The fraction of sp³-hybridized carbons (Fsp3) is 0.533. The van der Waals surface area contributed by atoms with Gasteiger partial charge in [0.25, 0.3) is 0 Å². The summed E-state index contributed by atoms with van der Waals surface area (Å²) >= 11 is 0. The minimum absolute atomic E-state index is 0.0104. The highest BCUT2D eigenvalue weighted by atomic mass is 16.5. The van der Waals surface area contributed by atoms with Gasteiger partial charge >= 0.3 is 0 Å². The Bertz CT molecular complexity index is 450. The predicted molar refractivity (Wildman–Crippen MR) is 72.9 cm³/mol. The largest absolute Gasteiger partial charge is 0.488 e. The van der Waals surface area contributed by atoms with Crippen LogP contribution < -0.4 is 15.8 Å². The molecule has 0 bridgehead atoms. The molecular formula is C15H20N2O2. The van der Waals surface area contributed by atoms with Crippen LogP contribution in [-0.4, -0.2) is 24.6 Å². The molecule has 1 aliphatic heterocycles. The van der Waals surface area contributed by atoms with Crippen molar-refractivity contribution in [2.75, 3.05) is 6.54 Å². The van der Waals surface area contributed by atoms with E-state index in [4.69, 9.17) is 10.5 Å². The van der Waals surface area contributed by atoms with Crippen LogP contribution in [0.2, 0.25) is 0 Å². The first-order valence-corrected chi connectivity index (χ1v) is 7.02. The summed E-state index contributed by atoms with van der Waals surface area (Å²) in [5, 5.41) is 2.99. The van der Waals surface area contributed by atoms with Crippen LogP contribution in [0.4, 0.5) is 0 Å². The summed E-state index contributed by atoms with van der Waals surface area (Å²) in [5.41, 5.74) is 7.16. The number of ether oxygens (including phenoxy) is 1. The predicted octanol–water partition coefficient (Wildman–Crippen LogP) is 1.23. The highest BCUT2D eigenvalue weighted by Gasteiger charge is 2.31. The first-order chi connectivity index (χ1) is 9.24. The molecule has 1 saturated carbocycles. The van der Waals surface area contributed by atoms with Crippen molar-refractivity contribution < 1.29 is 9.53 Å². The number of benzene rings is 1. The van der Waals surface area contributed by atoms with Crippen molar-refractivity contribution in [2.45, 2.75) is 37.8 Å². The van der Waals surface area contributed by atoms with Crippen molar-refractivity contribution in [3.63, 3.8) is 0 Å². The molecule has 3 rings (SSSR count). The maximum absolute atomic E-state index is 12.0. The normalized spacial score (nSPS) is 28.8. The standard InChI is InChI=1S/C15H20N2O2/c16-13-6-3-5-12(13)15(18)17-9-11-8-10-4-1-2-7-14(10)19-11/h1-2,4,7,11-13H,3,5-6,8-9,16H2,(H,17,18). The molecule has 0 radical (unpaired) electrons. The van der Waals surface area contributed by atoms with Gasteiger partial charge in [0.05, 0.1) is 12.5 Å². The second-order valence-corrected chi connectivity index (χ2v) is 5.50. The lowest BCUT2D eigenvalue weighted by Gasteiger charge is -2.17. The molecule has 1 aliphatic carbocycles. The van der Waals surface area contributed by atoms with Crippen molar-refractivity contribution >= 4 is 5.91 Å². The Morgan fingerprint density at radius 2 is 2.21 bits per heavy atom. The second kappa shape index (κ2) is 5.21. The van der Waals surface area contributed by atoms with Crippen LogP contribution >= 0.6 is 0 Å². The smallest absolute Gasteiger partial charge is 0.224 e. The van der Waals surface area contributed by atoms with Crippen LogP contribution in [0.5, 0.6) is 5.75 Å². The lowest BCUT2D eigenvalue weighted by atomic mass is 10.0. The zero-order valence-electron chi connectivity index (χ0n) is 11.0. The van der Waals surface area contributed by atoms with Gasteiger partial charge in [-0.05, 0) is 24.5 Å². The molecule has 2 aliphatic rings.